The van der Waals surface area contributed by atoms with Crippen molar-refractivity contribution in [3.63, 3.8) is 0 Å². The van der Waals surface area contributed by atoms with Gasteiger partial charge in [-0.1, -0.05) is 6.92 Å². The van der Waals surface area contributed by atoms with Gasteiger partial charge in [0.2, 0.25) is 0 Å². The van der Waals surface area contributed by atoms with Gasteiger partial charge in [-0.05, 0) is 6.42 Å². The average molecular weight is 304 g/mol. The molecule has 0 aliphatic carbocycles. The normalized spacial score (nSPS) is 10.5. The lowest BCUT2D eigenvalue weighted by Crippen LogP contribution is -2.40. The Hall–Kier alpha value is -2.64. The number of nitrogens with one attached hydrogen (secondary N) is 2. The largest absolute Gasteiger partial charge is 0.337 e. The number of carbonyl (C=O) groups is 1. The minimum absolute atomic E-state index is 0.202. The molecule has 2 amide bonds. The fourth-order valence-corrected chi connectivity index (χ4v) is 2.03. The molecule has 0 unspecified atom stereocenters. The molecule has 8 heteroatoms. The summed E-state index contributed by atoms with van der Waals surface area (Å²) in [6.45, 7) is 3.29. The van der Waals surface area contributed by atoms with E-state index < -0.39 is 0 Å². The molecule has 0 saturated heterocycles. The lowest BCUT2D eigenvalue weighted by atomic mass is 10.4. The Morgan fingerprint density at radius 3 is 2.91 bits per heavy atom. The third-order valence-electron chi connectivity index (χ3n) is 3.19. The summed E-state index contributed by atoms with van der Waals surface area (Å²) in [6, 6.07) is 1.16. The molecular weight excluding hydrogens is 284 g/mol. The first-order valence-electron chi connectivity index (χ1n) is 7.12. The van der Waals surface area contributed by atoms with E-state index >= 15 is 0 Å². The highest BCUT2D eigenvalue weighted by atomic mass is 16.2. The van der Waals surface area contributed by atoms with E-state index in [2.05, 4.69) is 20.3 Å². The first kappa shape index (κ1) is 15.7. The van der Waals surface area contributed by atoms with Crippen LogP contribution in [0.3, 0.4) is 0 Å². The van der Waals surface area contributed by atoms with Gasteiger partial charge in [0.1, 0.15) is 5.82 Å². The smallest absolute Gasteiger partial charge is 0.318 e. The van der Waals surface area contributed by atoms with Crippen LogP contribution in [0.2, 0.25) is 0 Å². The number of nitrogens with zero attached hydrogens (tertiary/aromatic N) is 4. The Balaban J connectivity index is 1.97. The molecule has 2 rings (SSSR count). The van der Waals surface area contributed by atoms with Gasteiger partial charge in [0.05, 0.1) is 25.1 Å². The second kappa shape index (κ2) is 7.39. The van der Waals surface area contributed by atoms with Gasteiger partial charge in [-0.3, -0.25) is 4.79 Å². The monoisotopic (exact) mass is 304 g/mol. The fraction of sp³-hybridized carbons (Fsp3) is 0.429. The maximum Gasteiger partial charge on any atom is 0.318 e. The third kappa shape index (κ3) is 4.18. The number of hydrogen-bond acceptors (Lipinski definition) is 4. The first-order valence-corrected chi connectivity index (χ1v) is 7.12. The van der Waals surface area contributed by atoms with E-state index in [0.29, 0.717) is 18.8 Å². The van der Waals surface area contributed by atoms with E-state index in [0.717, 1.165) is 12.2 Å². The van der Waals surface area contributed by atoms with Crippen LogP contribution in [0.1, 0.15) is 24.9 Å². The maximum absolute atomic E-state index is 12.3. The molecule has 0 radical (unpaired) electrons. The van der Waals surface area contributed by atoms with Crippen molar-refractivity contribution < 1.29 is 4.79 Å². The highest BCUT2D eigenvalue weighted by Gasteiger charge is 2.15. The predicted octanol–water partition coefficient (Wildman–Crippen LogP) is 0.625. The summed E-state index contributed by atoms with van der Waals surface area (Å²) in [7, 11) is 1.89. The standard InChI is InChI=1S/C14H20N6O2/c1-3-5-20(9-12-15-4-6-19(12)2)14(22)16-8-11-7-13(21)18-10-17-11/h4,6-7,10H,3,5,8-9H2,1-2H3,(H,16,22)(H,17,18,21). The zero-order valence-corrected chi connectivity index (χ0v) is 12.7. The van der Waals surface area contributed by atoms with Crippen molar-refractivity contribution in [1.29, 1.82) is 0 Å². The summed E-state index contributed by atoms with van der Waals surface area (Å²) >= 11 is 0. The van der Waals surface area contributed by atoms with Crippen molar-refractivity contribution in [2.24, 2.45) is 7.05 Å². The lowest BCUT2D eigenvalue weighted by Gasteiger charge is -2.22. The van der Waals surface area contributed by atoms with Gasteiger partial charge < -0.3 is 19.8 Å². The van der Waals surface area contributed by atoms with E-state index in [-0.39, 0.29) is 18.1 Å². The van der Waals surface area contributed by atoms with Gasteiger partial charge >= 0.3 is 6.03 Å². The van der Waals surface area contributed by atoms with Crippen LogP contribution in [0.25, 0.3) is 0 Å². The summed E-state index contributed by atoms with van der Waals surface area (Å²) in [5.74, 6) is 0.817. The number of aryl methyl sites for hydroxylation is 1. The number of aromatic amines is 1. The van der Waals surface area contributed by atoms with Crippen LogP contribution in [0.15, 0.2) is 29.6 Å². The fourth-order valence-electron chi connectivity index (χ4n) is 2.03. The number of urea groups is 1. The van der Waals surface area contributed by atoms with Gasteiger partial charge in [-0.25, -0.2) is 14.8 Å². The molecule has 0 atom stereocenters. The summed E-state index contributed by atoms with van der Waals surface area (Å²) in [5, 5.41) is 2.78. The molecule has 118 valence electrons. The van der Waals surface area contributed by atoms with E-state index in [1.165, 1.54) is 12.4 Å². The molecular formula is C14H20N6O2. The number of H-pyrrole nitrogens is 1. The summed E-state index contributed by atoms with van der Waals surface area (Å²) in [5.41, 5.74) is 0.281. The van der Waals surface area contributed by atoms with Gasteiger partial charge in [0.15, 0.2) is 0 Å². The van der Waals surface area contributed by atoms with Crippen LogP contribution >= 0.6 is 0 Å². The highest BCUT2D eigenvalue weighted by Crippen LogP contribution is 2.03. The lowest BCUT2D eigenvalue weighted by molar-refractivity contribution is 0.192. The Morgan fingerprint density at radius 1 is 1.45 bits per heavy atom. The SMILES string of the molecule is CCCN(Cc1nccn1C)C(=O)NCc1cc(=O)[nH]cn1. The predicted molar refractivity (Wildman–Crippen MR) is 81.0 cm³/mol. The van der Waals surface area contributed by atoms with Crippen LogP contribution in [0.5, 0.6) is 0 Å². The second-order valence-corrected chi connectivity index (χ2v) is 4.94. The van der Waals surface area contributed by atoms with Crippen LogP contribution in [-0.2, 0) is 20.1 Å². The van der Waals surface area contributed by atoms with Crippen LogP contribution in [-0.4, -0.2) is 37.0 Å². The molecule has 0 aliphatic heterocycles. The summed E-state index contributed by atoms with van der Waals surface area (Å²) in [4.78, 5) is 35.8. The zero-order chi connectivity index (χ0) is 15.9. The van der Waals surface area contributed by atoms with E-state index in [1.807, 2.05) is 24.7 Å². The topological polar surface area (TPSA) is 95.9 Å². The quantitative estimate of drug-likeness (QED) is 0.818. The van der Waals surface area contributed by atoms with E-state index in [1.54, 1.807) is 11.1 Å². The van der Waals surface area contributed by atoms with Crippen molar-refractivity contribution in [1.82, 2.24) is 29.7 Å². The van der Waals surface area contributed by atoms with Crippen LogP contribution in [0, 0.1) is 0 Å². The number of imidazole rings is 1. The van der Waals surface area contributed by atoms with Crippen LogP contribution < -0.4 is 10.9 Å². The zero-order valence-electron chi connectivity index (χ0n) is 12.7. The van der Waals surface area contributed by atoms with E-state index in [9.17, 15) is 9.59 Å². The number of rotatable bonds is 6. The highest BCUT2D eigenvalue weighted by molar-refractivity contribution is 5.74. The molecule has 0 fully saturated rings. The number of carbonyl (C=O) groups excluding carboxylic acids is 1. The Bertz CT molecular complexity index is 678. The molecule has 0 bridgehead atoms. The Labute approximate surface area is 128 Å². The number of aromatic nitrogens is 4. The first-order chi connectivity index (χ1) is 10.6. The average Bonchev–Trinajstić information content (AvgIpc) is 2.90. The molecule has 2 aromatic heterocycles. The minimum Gasteiger partial charge on any atom is -0.337 e. The van der Waals surface area contributed by atoms with Crippen molar-refractivity contribution in [2.45, 2.75) is 26.4 Å². The number of amides is 2. The Kier molecular flexibility index (Phi) is 5.29. The molecule has 2 aromatic rings. The maximum atomic E-state index is 12.3. The van der Waals surface area contributed by atoms with Crippen molar-refractivity contribution in [2.75, 3.05) is 6.54 Å². The van der Waals surface area contributed by atoms with Gasteiger partial charge in [-0.2, -0.15) is 0 Å². The van der Waals surface area contributed by atoms with Gasteiger partial charge in [0.25, 0.3) is 5.56 Å². The van der Waals surface area contributed by atoms with E-state index in [4.69, 9.17) is 0 Å². The number of hydrogen-bond donors (Lipinski definition) is 2. The summed E-state index contributed by atoms with van der Waals surface area (Å²) < 4.78 is 1.88. The van der Waals surface area contributed by atoms with Crippen LogP contribution in [0.4, 0.5) is 4.79 Å². The van der Waals surface area contributed by atoms with Gasteiger partial charge in [-0.15, -0.1) is 0 Å². The van der Waals surface area contributed by atoms with Crippen molar-refractivity contribution in [3.8, 4) is 0 Å². The molecule has 0 aliphatic rings. The molecule has 0 saturated carbocycles. The molecule has 2 N–H and O–H groups in total. The minimum atomic E-state index is -0.238. The van der Waals surface area contributed by atoms with Gasteiger partial charge in [0, 0.05) is 32.1 Å². The molecule has 22 heavy (non-hydrogen) atoms. The Morgan fingerprint density at radius 2 is 2.27 bits per heavy atom. The molecule has 0 spiro atoms. The third-order valence-corrected chi connectivity index (χ3v) is 3.19. The second-order valence-electron chi connectivity index (χ2n) is 4.94. The molecule has 0 aromatic carbocycles. The van der Waals surface area contributed by atoms with Crippen molar-refractivity contribution in [3.05, 3.63) is 46.7 Å². The summed E-state index contributed by atoms with van der Waals surface area (Å²) in [6.07, 6.45) is 5.72. The molecule has 2 heterocycles. The molecule has 8 nitrogen and oxygen atoms in total. The van der Waals surface area contributed by atoms with Crippen molar-refractivity contribution >= 4 is 6.03 Å².